The smallest absolute Gasteiger partial charge is 0.226 e. The normalized spacial score (nSPS) is 15.3. The van der Waals surface area contributed by atoms with Gasteiger partial charge in [0.15, 0.2) is 5.13 Å². The fourth-order valence-electron chi connectivity index (χ4n) is 3.33. The van der Waals surface area contributed by atoms with Gasteiger partial charge in [0.2, 0.25) is 5.91 Å². The van der Waals surface area contributed by atoms with Crippen LogP contribution in [0.15, 0.2) is 24.3 Å². The molecular weight excluding hydrogens is 386 g/mol. The predicted octanol–water partition coefficient (Wildman–Crippen LogP) is 4.49. The van der Waals surface area contributed by atoms with Crippen LogP contribution in [0.3, 0.4) is 0 Å². The van der Waals surface area contributed by atoms with Crippen molar-refractivity contribution in [3.63, 3.8) is 0 Å². The number of rotatable bonds is 9. The number of carbonyl (C=O) groups is 1. The van der Waals surface area contributed by atoms with Crippen molar-refractivity contribution in [3.8, 4) is 11.5 Å². The van der Waals surface area contributed by atoms with Crippen molar-refractivity contribution < 1.29 is 14.3 Å². The van der Waals surface area contributed by atoms with E-state index in [0.29, 0.717) is 24.6 Å². The molecule has 6 nitrogen and oxygen atoms in total. The molecule has 1 aromatic carbocycles. The van der Waals surface area contributed by atoms with Crippen LogP contribution < -0.4 is 14.8 Å². The third-order valence-electron chi connectivity index (χ3n) is 5.26. The second-order valence-corrected chi connectivity index (χ2v) is 8.75. The number of aryl methyl sites for hydroxylation is 1. The van der Waals surface area contributed by atoms with Gasteiger partial charge in [0, 0.05) is 17.8 Å². The van der Waals surface area contributed by atoms with Gasteiger partial charge in [0.05, 0.1) is 19.4 Å². The van der Waals surface area contributed by atoms with Gasteiger partial charge in [-0.1, -0.05) is 6.92 Å². The first-order valence-corrected chi connectivity index (χ1v) is 11.1. The third-order valence-corrected chi connectivity index (χ3v) is 6.32. The number of ether oxygens (including phenoxy) is 2. The molecule has 1 saturated heterocycles. The highest BCUT2D eigenvalue weighted by molar-refractivity contribution is 7.15. The molecule has 0 unspecified atom stereocenters. The molecule has 1 amide bonds. The lowest BCUT2D eigenvalue weighted by atomic mass is 9.99. The lowest BCUT2D eigenvalue weighted by Gasteiger charge is -2.29. The molecular formula is C22H31N3O3S. The van der Waals surface area contributed by atoms with Crippen LogP contribution in [0.1, 0.15) is 43.2 Å². The van der Waals surface area contributed by atoms with Crippen LogP contribution in [0.25, 0.3) is 0 Å². The number of nitrogens with zero attached hydrogens (tertiary/aromatic N) is 2. The molecule has 1 aliphatic rings. The van der Waals surface area contributed by atoms with Crippen LogP contribution in [0, 0.1) is 12.8 Å². The van der Waals surface area contributed by atoms with Crippen LogP contribution in [-0.2, 0) is 11.3 Å². The summed E-state index contributed by atoms with van der Waals surface area (Å²) in [6, 6.07) is 7.44. The Kier molecular flexibility index (Phi) is 7.89. The lowest BCUT2D eigenvalue weighted by Crippen LogP contribution is -2.32. The molecule has 2 heterocycles. The van der Waals surface area contributed by atoms with E-state index in [-0.39, 0.29) is 5.91 Å². The number of benzene rings is 1. The summed E-state index contributed by atoms with van der Waals surface area (Å²) in [5.74, 6) is 2.39. The summed E-state index contributed by atoms with van der Waals surface area (Å²) >= 11 is 1.59. The van der Waals surface area contributed by atoms with E-state index in [2.05, 4.69) is 22.1 Å². The molecule has 0 bridgehead atoms. The maximum atomic E-state index is 12.2. The first-order chi connectivity index (χ1) is 14.0. The van der Waals surface area contributed by atoms with Crippen molar-refractivity contribution in [2.24, 2.45) is 5.92 Å². The maximum absolute atomic E-state index is 12.2. The number of hydrogen-bond acceptors (Lipinski definition) is 6. The van der Waals surface area contributed by atoms with Crippen molar-refractivity contribution in [3.05, 3.63) is 34.8 Å². The number of likely N-dealkylation sites (tertiary alicyclic amines) is 1. The molecule has 158 valence electrons. The van der Waals surface area contributed by atoms with Crippen molar-refractivity contribution in [1.29, 1.82) is 0 Å². The van der Waals surface area contributed by atoms with Gasteiger partial charge in [-0.2, -0.15) is 0 Å². The molecule has 0 radical (unpaired) electrons. The molecule has 2 aromatic rings. The molecule has 7 heteroatoms. The molecule has 3 rings (SSSR count). The van der Waals surface area contributed by atoms with Gasteiger partial charge in [-0.05, 0) is 69.5 Å². The Bertz CT molecular complexity index is 783. The topological polar surface area (TPSA) is 63.7 Å². The van der Waals surface area contributed by atoms with Gasteiger partial charge in [0.25, 0.3) is 0 Å². The average Bonchev–Trinajstić information content (AvgIpc) is 3.06. The van der Waals surface area contributed by atoms with Crippen molar-refractivity contribution in [2.45, 2.75) is 46.1 Å². The molecule has 1 aliphatic heterocycles. The number of hydrogen-bond donors (Lipinski definition) is 1. The lowest BCUT2D eigenvalue weighted by molar-refractivity contribution is -0.116. The molecule has 1 N–H and O–H groups in total. The number of amides is 1. The van der Waals surface area contributed by atoms with E-state index in [1.807, 2.05) is 31.2 Å². The molecule has 0 aliphatic carbocycles. The van der Waals surface area contributed by atoms with Gasteiger partial charge >= 0.3 is 0 Å². The summed E-state index contributed by atoms with van der Waals surface area (Å²) in [6.07, 6.45) is 3.59. The zero-order chi connectivity index (χ0) is 20.6. The quantitative estimate of drug-likeness (QED) is 0.609. The van der Waals surface area contributed by atoms with E-state index in [4.69, 9.17) is 9.47 Å². The van der Waals surface area contributed by atoms with Crippen LogP contribution in [0.5, 0.6) is 11.5 Å². The number of aromatic nitrogens is 1. The van der Waals surface area contributed by atoms with Gasteiger partial charge in [-0.15, -0.1) is 11.3 Å². The summed E-state index contributed by atoms with van der Waals surface area (Å²) in [4.78, 5) is 20.5. The predicted molar refractivity (Wildman–Crippen MR) is 117 cm³/mol. The number of carbonyl (C=O) groups excluding carboxylic acids is 1. The van der Waals surface area contributed by atoms with E-state index >= 15 is 0 Å². The second kappa shape index (κ2) is 10.6. The van der Waals surface area contributed by atoms with Gasteiger partial charge in [-0.25, -0.2) is 4.98 Å². The maximum Gasteiger partial charge on any atom is 0.226 e. The van der Waals surface area contributed by atoms with E-state index in [1.54, 1.807) is 18.4 Å². The molecule has 0 atom stereocenters. The first kappa shape index (κ1) is 21.6. The number of nitrogens with one attached hydrogen (secondary N) is 1. The second-order valence-electron chi connectivity index (χ2n) is 7.66. The van der Waals surface area contributed by atoms with E-state index in [0.717, 1.165) is 42.7 Å². The van der Waals surface area contributed by atoms with Crippen LogP contribution in [0.4, 0.5) is 5.13 Å². The van der Waals surface area contributed by atoms with Gasteiger partial charge in [0.1, 0.15) is 11.5 Å². The third kappa shape index (κ3) is 6.72. The SMILES string of the molecule is COc1ccc(OCCCC(=O)Nc2nc(C)c(CN3CCC(C)CC3)s2)cc1. The number of methoxy groups -OCH3 is 1. The molecule has 1 aromatic heterocycles. The summed E-state index contributed by atoms with van der Waals surface area (Å²) in [5.41, 5.74) is 1.02. The Labute approximate surface area is 177 Å². The fourth-order valence-corrected chi connectivity index (χ4v) is 4.35. The summed E-state index contributed by atoms with van der Waals surface area (Å²) < 4.78 is 10.8. The highest BCUT2D eigenvalue weighted by atomic mass is 32.1. The van der Waals surface area contributed by atoms with Crippen molar-refractivity contribution in [1.82, 2.24) is 9.88 Å². The highest BCUT2D eigenvalue weighted by Gasteiger charge is 2.18. The van der Waals surface area contributed by atoms with Gasteiger partial charge < -0.3 is 14.8 Å². The van der Waals surface area contributed by atoms with E-state index < -0.39 is 0 Å². The summed E-state index contributed by atoms with van der Waals surface area (Å²) in [6.45, 7) is 8.07. The van der Waals surface area contributed by atoms with Crippen LogP contribution in [-0.4, -0.2) is 42.6 Å². The molecule has 0 spiro atoms. The molecule has 0 saturated carbocycles. The van der Waals surface area contributed by atoms with Crippen LogP contribution >= 0.6 is 11.3 Å². The minimum Gasteiger partial charge on any atom is -0.497 e. The van der Waals surface area contributed by atoms with E-state index in [9.17, 15) is 4.79 Å². The standard InChI is InChI=1S/C22H31N3O3S/c1-16-10-12-25(13-11-16)15-20-17(2)23-22(29-20)24-21(26)5-4-14-28-19-8-6-18(27-3)7-9-19/h6-9,16H,4-5,10-15H2,1-3H3,(H,23,24,26). The minimum atomic E-state index is -0.0181. The Morgan fingerprint density at radius 3 is 2.62 bits per heavy atom. The first-order valence-electron chi connectivity index (χ1n) is 10.3. The number of anilines is 1. The van der Waals surface area contributed by atoms with E-state index in [1.165, 1.54) is 17.7 Å². The zero-order valence-corrected chi connectivity index (χ0v) is 18.4. The van der Waals surface area contributed by atoms with Crippen molar-refractivity contribution in [2.75, 3.05) is 32.1 Å². The highest BCUT2D eigenvalue weighted by Crippen LogP contribution is 2.26. The fraction of sp³-hybridized carbons (Fsp3) is 0.545. The Morgan fingerprint density at radius 2 is 1.93 bits per heavy atom. The zero-order valence-electron chi connectivity index (χ0n) is 17.6. The largest absolute Gasteiger partial charge is 0.497 e. The Balaban J connectivity index is 1.38. The Hall–Kier alpha value is -2.12. The monoisotopic (exact) mass is 417 g/mol. The molecule has 29 heavy (non-hydrogen) atoms. The summed E-state index contributed by atoms with van der Waals surface area (Å²) in [5, 5.41) is 3.64. The van der Waals surface area contributed by atoms with Crippen LogP contribution in [0.2, 0.25) is 0 Å². The molecule has 1 fully saturated rings. The average molecular weight is 418 g/mol. The summed E-state index contributed by atoms with van der Waals surface area (Å²) in [7, 11) is 1.63. The van der Waals surface area contributed by atoms with Gasteiger partial charge in [-0.3, -0.25) is 9.69 Å². The number of thiazole rings is 1. The van der Waals surface area contributed by atoms with Crippen molar-refractivity contribution >= 4 is 22.4 Å². The Morgan fingerprint density at radius 1 is 1.24 bits per heavy atom. The number of piperidine rings is 1. The minimum absolute atomic E-state index is 0.0181.